The molecular formula is C40H79NO4. The molecule has 5 heteroatoms. The number of unbranched alkanes of at least 4 members (excludes halogenated alkanes) is 22. The maximum absolute atomic E-state index is 12.5. The van der Waals surface area contributed by atoms with Gasteiger partial charge in [0.2, 0.25) is 0 Å². The quantitative estimate of drug-likeness (QED) is 0.0542. The fourth-order valence-corrected chi connectivity index (χ4v) is 6.00. The minimum atomic E-state index is -0.0129. The number of carbonyl (C=O) groups is 2. The molecule has 0 aromatic heterocycles. The highest BCUT2D eigenvalue weighted by Gasteiger charge is 2.14. The standard InChI is InChI=1S/C40H79NO4/c1-4-7-10-13-18-25-32-38(31-24-17-12-9-6-3)45-40(43)34-27-20-16-22-29-36-41-35-28-21-15-19-26-33-39(42)44-37-30-23-14-11-8-5-2/h38,41H,4-37H2,1-3H3. The highest BCUT2D eigenvalue weighted by molar-refractivity contribution is 5.69. The minimum Gasteiger partial charge on any atom is -0.466 e. The lowest BCUT2D eigenvalue weighted by Crippen LogP contribution is -2.18. The van der Waals surface area contributed by atoms with Gasteiger partial charge in [0.25, 0.3) is 0 Å². The molecule has 0 aliphatic rings. The largest absolute Gasteiger partial charge is 0.466 e. The first-order chi connectivity index (χ1) is 22.1. The lowest BCUT2D eigenvalue weighted by atomic mass is 10.0. The third-order valence-electron chi connectivity index (χ3n) is 9.04. The monoisotopic (exact) mass is 638 g/mol. The van der Waals surface area contributed by atoms with Crippen molar-refractivity contribution < 1.29 is 19.1 Å². The van der Waals surface area contributed by atoms with E-state index in [2.05, 4.69) is 26.1 Å². The number of hydrogen-bond acceptors (Lipinski definition) is 5. The summed E-state index contributed by atoms with van der Waals surface area (Å²) < 4.78 is 11.3. The van der Waals surface area contributed by atoms with E-state index < -0.39 is 0 Å². The van der Waals surface area contributed by atoms with Crippen molar-refractivity contribution in [2.45, 2.75) is 226 Å². The second-order valence-electron chi connectivity index (χ2n) is 13.6. The average molecular weight is 638 g/mol. The van der Waals surface area contributed by atoms with Crippen LogP contribution in [-0.2, 0) is 19.1 Å². The zero-order valence-corrected chi connectivity index (χ0v) is 30.8. The van der Waals surface area contributed by atoms with Crippen molar-refractivity contribution in [3.63, 3.8) is 0 Å². The molecule has 0 saturated heterocycles. The molecule has 1 N–H and O–H groups in total. The number of esters is 2. The second-order valence-corrected chi connectivity index (χ2v) is 13.6. The van der Waals surface area contributed by atoms with Crippen LogP contribution in [0.15, 0.2) is 0 Å². The van der Waals surface area contributed by atoms with Gasteiger partial charge in [-0.25, -0.2) is 0 Å². The molecule has 0 spiro atoms. The summed E-state index contributed by atoms with van der Waals surface area (Å²) in [6.45, 7) is 9.53. The summed E-state index contributed by atoms with van der Waals surface area (Å²) >= 11 is 0. The molecule has 0 aromatic carbocycles. The third-order valence-corrected chi connectivity index (χ3v) is 9.04. The summed E-state index contributed by atoms with van der Waals surface area (Å²) in [5.74, 6) is 0.0192. The zero-order chi connectivity index (χ0) is 32.9. The van der Waals surface area contributed by atoms with Gasteiger partial charge in [0, 0.05) is 12.8 Å². The fourth-order valence-electron chi connectivity index (χ4n) is 6.00. The summed E-state index contributed by atoms with van der Waals surface area (Å²) in [7, 11) is 0. The van der Waals surface area contributed by atoms with E-state index in [1.165, 1.54) is 141 Å². The SMILES string of the molecule is CCCCCCCCOC(=O)CCCCCCCNCCCCCCCC(=O)OC(CCCCCCC)CCCCCCCC. The Morgan fingerprint density at radius 2 is 0.822 bits per heavy atom. The van der Waals surface area contributed by atoms with Crippen molar-refractivity contribution in [3.05, 3.63) is 0 Å². The van der Waals surface area contributed by atoms with Crippen molar-refractivity contribution in [3.8, 4) is 0 Å². The Hall–Kier alpha value is -1.10. The van der Waals surface area contributed by atoms with Crippen LogP contribution in [-0.4, -0.2) is 37.7 Å². The van der Waals surface area contributed by atoms with E-state index in [0.29, 0.717) is 19.4 Å². The summed E-state index contributed by atoms with van der Waals surface area (Å²) in [5, 5.41) is 3.58. The lowest BCUT2D eigenvalue weighted by Gasteiger charge is -2.18. The lowest BCUT2D eigenvalue weighted by molar-refractivity contribution is -0.150. The van der Waals surface area contributed by atoms with Gasteiger partial charge >= 0.3 is 11.9 Å². The van der Waals surface area contributed by atoms with Crippen LogP contribution in [0.3, 0.4) is 0 Å². The van der Waals surface area contributed by atoms with Crippen molar-refractivity contribution in [2.75, 3.05) is 19.7 Å². The van der Waals surface area contributed by atoms with Crippen molar-refractivity contribution in [1.82, 2.24) is 5.32 Å². The molecule has 1 atom stereocenters. The molecule has 0 aliphatic heterocycles. The van der Waals surface area contributed by atoms with E-state index >= 15 is 0 Å². The molecule has 0 aliphatic carbocycles. The van der Waals surface area contributed by atoms with Gasteiger partial charge in [-0.1, -0.05) is 149 Å². The number of carbonyl (C=O) groups excluding carboxylic acids is 2. The Labute approximate surface area is 281 Å². The van der Waals surface area contributed by atoms with E-state index in [1.54, 1.807) is 0 Å². The van der Waals surface area contributed by atoms with E-state index in [0.717, 1.165) is 58.0 Å². The molecule has 0 aromatic rings. The summed E-state index contributed by atoms with van der Waals surface area (Å²) in [6.07, 6.45) is 36.3. The highest BCUT2D eigenvalue weighted by Crippen LogP contribution is 2.18. The van der Waals surface area contributed by atoms with Gasteiger partial charge in [-0.2, -0.15) is 0 Å². The van der Waals surface area contributed by atoms with Gasteiger partial charge in [0.05, 0.1) is 6.61 Å². The van der Waals surface area contributed by atoms with Gasteiger partial charge in [0.15, 0.2) is 0 Å². The Bertz CT molecular complexity index is 611. The number of rotatable bonds is 37. The zero-order valence-electron chi connectivity index (χ0n) is 30.8. The van der Waals surface area contributed by atoms with Crippen LogP contribution in [0.1, 0.15) is 220 Å². The number of ether oxygens (including phenoxy) is 2. The maximum Gasteiger partial charge on any atom is 0.306 e. The van der Waals surface area contributed by atoms with Gasteiger partial charge in [-0.3, -0.25) is 9.59 Å². The normalized spacial score (nSPS) is 12.0. The van der Waals surface area contributed by atoms with Crippen molar-refractivity contribution in [1.29, 1.82) is 0 Å². The molecule has 1 unspecified atom stereocenters. The average Bonchev–Trinajstić information content (AvgIpc) is 3.03. The molecule has 0 heterocycles. The van der Waals surface area contributed by atoms with Gasteiger partial charge in [-0.05, 0) is 70.9 Å². The molecule has 0 bridgehead atoms. The first kappa shape index (κ1) is 43.9. The van der Waals surface area contributed by atoms with Crippen LogP contribution in [0.2, 0.25) is 0 Å². The molecular weight excluding hydrogens is 558 g/mol. The van der Waals surface area contributed by atoms with Crippen LogP contribution in [0.4, 0.5) is 0 Å². The Morgan fingerprint density at radius 1 is 0.444 bits per heavy atom. The van der Waals surface area contributed by atoms with Crippen LogP contribution >= 0.6 is 0 Å². The van der Waals surface area contributed by atoms with Crippen molar-refractivity contribution >= 4 is 11.9 Å². The summed E-state index contributed by atoms with van der Waals surface area (Å²) in [6, 6.07) is 0. The number of nitrogens with one attached hydrogen (secondary N) is 1. The third kappa shape index (κ3) is 35.6. The fraction of sp³-hybridized carbons (Fsp3) is 0.950. The molecule has 5 nitrogen and oxygen atoms in total. The molecule has 0 rings (SSSR count). The summed E-state index contributed by atoms with van der Waals surface area (Å²) in [5.41, 5.74) is 0. The van der Waals surface area contributed by atoms with E-state index in [9.17, 15) is 9.59 Å². The Kier molecular flexibility index (Phi) is 36.4. The van der Waals surface area contributed by atoms with Crippen molar-refractivity contribution in [2.24, 2.45) is 0 Å². The predicted octanol–water partition coefficient (Wildman–Crippen LogP) is 12.2. The van der Waals surface area contributed by atoms with Gasteiger partial charge in [-0.15, -0.1) is 0 Å². The molecule has 268 valence electrons. The Morgan fingerprint density at radius 3 is 1.31 bits per heavy atom. The molecule has 0 saturated carbocycles. The smallest absolute Gasteiger partial charge is 0.306 e. The van der Waals surface area contributed by atoms with E-state index in [4.69, 9.17) is 9.47 Å². The highest BCUT2D eigenvalue weighted by atomic mass is 16.5. The number of hydrogen-bond donors (Lipinski definition) is 1. The maximum atomic E-state index is 12.5. The molecule has 0 fully saturated rings. The summed E-state index contributed by atoms with van der Waals surface area (Å²) in [4.78, 5) is 24.4. The molecule has 0 amide bonds. The molecule has 45 heavy (non-hydrogen) atoms. The Balaban J connectivity index is 3.61. The van der Waals surface area contributed by atoms with Crippen LogP contribution in [0.5, 0.6) is 0 Å². The van der Waals surface area contributed by atoms with Gasteiger partial charge < -0.3 is 14.8 Å². The first-order valence-corrected chi connectivity index (χ1v) is 20.2. The predicted molar refractivity (Wildman–Crippen MR) is 194 cm³/mol. The van der Waals surface area contributed by atoms with Crippen LogP contribution in [0, 0.1) is 0 Å². The molecule has 0 radical (unpaired) electrons. The van der Waals surface area contributed by atoms with Gasteiger partial charge in [0.1, 0.15) is 6.10 Å². The topological polar surface area (TPSA) is 64.6 Å². The van der Waals surface area contributed by atoms with E-state index in [1.807, 2.05) is 0 Å². The second kappa shape index (κ2) is 37.4. The first-order valence-electron chi connectivity index (χ1n) is 20.2. The van der Waals surface area contributed by atoms with E-state index in [-0.39, 0.29) is 18.0 Å². The van der Waals surface area contributed by atoms with Crippen LogP contribution < -0.4 is 5.32 Å². The minimum absolute atomic E-state index is 0.0129. The van der Waals surface area contributed by atoms with Crippen LogP contribution in [0.25, 0.3) is 0 Å².